The number of likely N-dealkylation sites (tertiary alicyclic amines) is 1. The molecule has 6 heteroatoms. The van der Waals surface area contributed by atoms with Crippen LogP contribution in [0.5, 0.6) is 0 Å². The third-order valence-electron chi connectivity index (χ3n) is 4.01. The van der Waals surface area contributed by atoms with E-state index in [2.05, 4.69) is 5.32 Å². The number of thioether (sulfide) groups is 1. The second kappa shape index (κ2) is 6.18. The number of hydrogen-bond acceptors (Lipinski definition) is 4. The average molecular weight is 310 g/mol. The molecule has 108 valence electrons. The molecule has 1 aromatic heterocycles. The van der Waals surface area contributed by atoms with Crippen LogP contribution in [0.2, 0.25) is 0 Å². The predicted molar refractivity (Wildman–Crippen MR) is 80.9 cm³/mol. The lowest BCUT2D eigenvalue weighted by molar-refractivity contribution is -0.132. The zero-order valence-corrected chi connectivity index (χ0v) is 12.8. The van der Waals surface area contributed by atoms with Gasteiger partial charge in [-0.15, -0.1) is 23.1 Å². The molecule has 0 radical (unpaired) electrons. The molecule has 3 rings (SSSR count). The molecule has 20 heavy (non-hydrogen) atoms. The van der Waals surface area contributed by atoms with Crippen LogP contribution in [0.25, 0.3) is 0 Å². The van der Waals surface area contributed by atoms with Crippen molar-refractivity contribution in [2.75, 3.05) is 18.8 Å². The minimum atomic E-state index is 0.166. The van der Waals surface area contributed by atoms with Gasteiger partial charge in [-0.3, -0.25) is 9.59 Å². The van der Waals surface area contributed by atoms with Crippen molar-refractivity contribution in [1.29, 1.82) is 0 Å². The molecule has 2 aliphatic heterocycles. The number of amides is 2. The first-order chi connectivity index (χ1) is 9.72. The van der Waals surface area contributed by atoms with Gasteiger partial charge in [-0.2, -0.15) is 0 Å². The number of piperidine rings is 2. The Kier molecular flexibility index (Phi) is 4.31. The second-order valence-corrected chi connectivity index (χ2v) is 7.55. The van der Waals surface area contributed by atoms with Gasteiger partial charge in [0.25, 0.3) is 0 Å². The Hall–Kier alpha value is -1.01. The molecule has 0 spiro atoms. The number of carbonyl (C=O) groups excluding carboxylic acids is 2. The largest absolute Gasteiger partial charge is 0.353 e. The molecular weight excluding hydrogens is 292 g/mol. The quantitative estimate of drug-likeness (QED) is 0.868. The van der Waals surface area contributed by atoms with Crippen LogP contribution in [0.4, 0.5) is 0 Å². The summed E-state index contributed by atoms with van der Waals surface area (Å²) in [5.74, 6) is 1.35. The summed E-state index contributed by atoms with van der Waals surface area (Å²) in [6, 6.07) is 4.34. The van der Waals surface area contributed by atoms with Gasteiger partial charge >= 0.3 is 0 Å². The van der Waals surface area contributed by atoms with E-state index in [9.17, 15) is 9.59 Å². The molecule has 1 N–H and O–H groups in total. The Morgan fingerprint density at radius 1 is 1.50 bits per heavy atom. The fourth-order valence-electron chi connectivity index (χ4n) is 2.91. The first kappa shape index (κ1) is 13.9. The zero-order chi connectivity index (χ0) is 13.9. The summed E-state index contributed by atoms with van der Waals surface area (Å²) in [5, 5.41) is 5.08. The molecule has 0 saturated carbocycles. The molecule has 0 bridgehead atoms. The van der Waals surface area contributed by atoms with Crippen LogP contribution in [0, 0.1) is 5.92 Å². The lowest BCUT2D eigenvalue weighted by atomic mass is 9.85. The van der Waals surface area contributed by atoms with E-state index in [-0.39, 0.29) is 17.9 Å². The summed E-state index contributed by atoms with van der Waals surface area (Å²) in [6.45, 7) is 1.57. The molecule has 4 nitrogen and oxygen atoms in total. The predicted octanol–water partition coefficient (Wildman–Crippen LogP) is 1.97. The van der Waals surface area contributed by atoms with Gasteiger partial charge in [-0.1, -0.05) is 6.07 Å². The number of rotatable bonds is 3. The van der Waals surface area contributed by atoms with Gasteiger partial charge in [0.15, 0.2) is 0 Å². The van der Waals surface area contributed by atoms with Crippen LogP contribution in [-0.4, -0.2) is 41.6 Å². The van der Waals surface area contributed by atoms with Crippen LogP contribution in [-0.2, 0) is 9.59 Å². The number of thiophene rings is 1. The fraction of sp³-hybridized carbons (Fsp3) is 0.571. The summed E-state index contributed by atoms with van der Waals surface area (Å²) in [7, 11) is 0. The van der Waals surface area contributed by atoms with Crippen molar-refractivity contribution in [3.8, 4) is 0 Å². The van der Waals surface area contributed by atoms with Crippen LogP contribution >= 0.6 is 23.1 Å². The summed E-state index contributed by atoms with van der Waals surface area (Å²) in [6.07, 6.45) is 2.41. The minimum absolute atomic E-state index is 0.166. The molecule has 0 aliphatic carbocycles. The maximum Gasteiger partial charge on any atom is 0.232 e. The number of fused-ring (bicyclic) bond motifs is 1. The molecule has 2 fully saturated rings. The Morgan fingerprint density at radius 3 is 3.20 bits per heavy atom. The number of carbonyl (C=O) groups is 2. The van der Waals surface area contributed by atoms with E-state index in [1.165, 1.54) is 4.21 Å². The third-order valence-corrected chi connectivity index (χ3v) is 6.12. The SMILES string of the molecule is O=C1CCC2CN(C(=O)CSc3cccs3)CCC2N1. The summed E-state index contributed by atoms with van der Waals surface area (Å²) >= 11 is 3.29. The van der Waals surface area contributed by atoms with Gasteiger partial charge in [-0.05, 0) is 30.2 Å². The van der Waals surface area contributed by atoms with Crippen molar-refractivity contribution in [2.24, 2.45) is 5.92 Å². The third kappa shape index (κ3) is 3.17. The highest BCUT2D eigenvalue weighted by molar-refractivity contribution is 8.01. The van der Waals surface area contributed by atoms with Gasteiger partial charge in [0, 0.05) is 25.6 Å². The average Bonchev–Trinajstić information content (AvgIpc) is 2.97. The van der Waals surface area contributed by atoms with Crippen molar-refractivity contribution in [3.05, 3.63) is 17.5 Å². The lowest BCUT2D eigenvalue weighted by Crippen LogP contribution is -2.55. The van der Waals surface area contributed by atoms with E-state index in [0.29, 0.717) is 18.1 Å². The van der Waals surface area contributed by atoms with Gasteiger partial charge in [0.05, 0.1) is 9.96 Å². The van der Waals surface area contributed by atoms with Crippen LogP contribution in [0.3, 0.4) is 0 Å². The van der Waals surface area contributed by atoms with Crippen molar-refractivity contribution in [1.82, 2.24) is 10.2 Å². The van der Waals surface area contributed by atoms with E-state index in [4.69, 9.17) is 0 Å². The Bertz CT molecular complexity index is 489. The van der Waals surface area contributed by atoms with Crippen LogP contribution in [0.1, 0.15) is 19.3 Å². The Morgan fingerprint density at radius 2 is 2.40 bits per heavy atom. The summed E-state index contributed by atoms with van der Waals surface area (Å²) in [4.78, 5) is 25.6. The maximum atomic E-state index is 12.3. The highest BCUT2D eigenvalue weighted by atomic mass is 32.2. The fourth-order valence-corrected chi connectivity index (χ4v) is 4.59. The molecule has 1 aromatic rings. The van der Waals surface area contributed by atoms with Gasteiger partial charge in [-0.25, -0.2) is 0 Å². The summed E-state index contributed by atoms with van der Waals surface area (Å²) in [5.41, 5.74) is 0. The monoisotopic (exact) mass is 310 g/mol. The standard InChI is InChI=1S/C14H18N2O2S2/c17-12-4-3-10-8-16(6-5-11(10)15-12)13(18)9-20-14-2-1-7-19-14/h1-2,7,10-11H,3-6,8-9H2,(H,15,17). The van der Waals surface area contributed by atoms with Gasteiger partial charge < -0.3 is 10.2 Å². The number of nitrogens with one attached hydrogen (secondary N) is 1. The molecule has 3 heterocycles. The minimum Gasteiger partial charge on any atom is -0.353 e. The second-order valence-electron chi connectivity index (χ2n) is 5.32. The molecule has 2 amide bonds. The molecular formula is C14H18N2O2S2. The topological polar surface area (TPSA) is 49.4 Å². The van der Waals surface area contributed by atoms with Crippen molar-refractivity contribution in [2.45, 2.75) is 29.5 Å². The van der Waals surface area contributed by atoms with Crippen molar-refractivity contribution >= 4 is 34.9 Å². The number of hydrogen-bond donors (Lipinski definition) is 1. The van der Waals surface area contributed by atoms with Crippen LogP contribution in [0.15, 0.2) is 21.7 Å². The van der Waals surface area contributed by atoms with E-state index < -0.39 is 0 Å². The maximum absolute atomic E-state index is 12.3. The molecule has 2 unspecified atom stereocenters. The zero-order valence-electron chi connectivity index (χ0n) is 11.2. The van der Waals surface area contributed by atoms with Gasteiger partial charge in [0.1, 0.15) is 0 Å². The molecule has 2 saturated heterocycles. The van der Waals surface area contributed by atoms with Crippen molar-refractivity contribution < 1.29 is 9.59 Å². The highest BCUT2D eigenvalue weighted by Gasteiger charge is 2.35. The molecule has 2 aliphatic rings. The van der Waals surface area contributed by atoms with E-state index in [0.717, 1.165) is 25.9 Å². The van der Waals surface area contributed by atoms with E-state index in [1.54, 1.807) is 23.1 Å². The highest BCUT2D eigenvalue weighted by Crippen LogP contribution is 2.27. The lowest BCUT2D eigenvalue weighted by Gasteiger charge is -2.41. The van der Waals surface area contributed by atoms with E-state index in [1.807, 2.05) is 22.4 Å². The first-order valence-corrected chi connectivity index (χ1v) is 8.82. The van der Waals surface area contributed by atoms with Crippen LogP contribution < -0.4 is 5.32 Å². The van der Waals surface area contributed by atoms with Gasteiger partial charge in [0.2, 0.25) is 11.8 Å². The first-order valence-electron chi connectivity index (χ1n) is 6.96. The smallest absolute Gasteiger partial charge is 0.232 e. The molecule has 0 aromatic carbocycles. The normalized spacial score (nSPS) is 26.0. The Labute approximate surface area is 126 Å². The number of nitrogens with zero attached hydrogens (tertiary/aromatic N) is 1. The van der Waals surface area contributed by atoms with E-state index >= 15 is 0 Å². The summed E-state index contributed by atoms with van der Waals surface area (Å²) < 4.78 is 1.19. The molecule has 2 atom stereocenters. The van der Waals surface area contributed by atoms with Crippen molar-refractivity contribution in [3.63, 3.8) is 0 Å². The Balaban J connectivity index is 1.51.